The first-order valence-corrected chi connectivity index (χ1v) is 9.42. The Labute approximate surface area is 161 Å². The van der Waals surface area contributed by atoms with Crippen LogP contribution < -0.4 is 10.2 Å². The number of carbonyl (C=O) groups is 2. The van der Waals surface area contributed by atoms with Crippen molar-refractivity contribution < 1.29 is 9.59 Å². The lowest BCUT2D eigenvalue weighted by Gasteiger charge is -2.30. The zero-order chi connectivity index (χ0) is 19.4. The summed E-state index contributed by atoms with van der Waals surface area (Å²) in [6.07, 6.45) is 2.07. The summed E-state index contributed by atoms with van der Waals surface area (Å²) in [5, 5.41) is 2.89. The molecular weight excluding hydrogens is 338 g/mol. The van der Waals surface area contributed by atoms with Crippen LogP contribution in [0.5, 0.6) is 0 Å². The average molecular weight is 365 g/mol. The summed E-state index contributed by atoms with van der Waals surface area (Å²) in [5.41, 5.74) is 2.85. The van der Waals surface area contributed by atoms with Gasteiger partial charge in [-0.25, -0.2) is 0 Å². The molecule has 0 aliphatic carbocycles. The second-order valence-corrected chi connectivity index (χ2v) is 7.45. The highest BCUT2D eigenvalue weighted by Crippen LogP contribution is 2.20. The van der Waals surface area contributed by atoms with Crippen molar-refractivity contribution in [3.05, 3.63) is 59.7 Å². The van der Waals surface area contributed by atoms with Gasteiger partial charge in [0.1, 0.15) is 0 Å². The van der Waals surface area contributed by atoms with Crippen molar-refractivity contribution in [2.45, 2.75) is 19.8 Å². The van der Waals surface area contributed by atoms with Gasteiger partial charge < -0.3 is 15.1 Å². The molecule has 0 spiro atoms. The maximum Gasteiger partial charge on any atom is 0.255 e. The van der Waals surface area contributed by atoms with E-state index in [-0.39, 0.29) is 11.8 Å². The predicted octanol–water partition coefficient (Wildman–Crippen LogP) is 3.88. The molecule has 1 aliphatic heterocycles. The van der Waals surface area contributed by atoms with E-state index in [0.717, 1.165) is 37.3 Å². The minimum absolute atomic E-state index is 0.00638. The molecule has 0 atom stereocenters. The fraction of sp³-hybridized carbons (Fsp3) is 0.364. The van der Waals surface area contributed by atoms with Crippen LogP contribution >= 0.6 is 0 Å². The number of anilines is 2. The molecule has 142 valence electrons. The molecule has 5 heteroatoms. The second kappa shape index (κ2) is 8.25. The monoisotopic (exact) mass is 365 g/mol. The van der Waals surface area contributed by atoms with Crippen LogP contribution in [0.3, 0.4) is 0 Å². The Morgan fingerprint density at radius 2 is 1.63 bits per heavy atom. The number of piperidine rings is 1. The van der Waals surface area contributed by atoms with Crippen molar-refractivity contribution in [2.75, 3.05) is 37.4 Å². The molecule has 3 rings (SSSR count). The maximum atomic E-state index is 12.7. The second-order valence-electron chi connectivity index (χ2n) is 7.45. The standard InChI is InChI=1S/C22H27N3O2/c1-16-11-13-25(14-12-16)22(27)18-6-4-5-17(15-18)21(26)23-19-7-9-20(10-8-19)24(2)3/h4-10,15-16H,11-14H2,1-3H3,(H,23,26). The van der Waals surface area contributed by atoms with Crippen molar-refractivity contribution in [2.24, 2.45) is 5.92 Å². The number of carbonyl (C=O) groups excluding carboxylic acids is 2. The normalized spacial score (nSPS) is 14.7. The number of likely N-dealkylation sites (tertiary alicyclic amines) is 1. The van der Waals surface area contributed by atoms with E-state index in [1.807, 2.05) is 48.2 Å². The number of rotatable bonds is 4. The van der Waals surface area contributed by atoms with Crippen molar-refractivity contribution in [3.63, 3.8) is 0 Å². The van der Waals surface area contributed by atoms with E-state index >= 15 is 0 Å². The Balaban J connectivity index is 1.69. The third-order valence-corrected chi connectivity index (χ3v) is 5.08. The molecule has 0 saturated carbocycles. The van der Waals surface area contributed by atoms with E-state index in [4.69, 9.17) is 0 Å². The number of hydrogen-bond donors (Lipinski definition) is 1. The van der Waals surface area contributed by atoms with Crippen molar-refractivity contribution >= 4 is 23.2 Å². The average Bonchev–Trinajstić information content (AvgIpc) is 2.68. The van der Waals surface area contributed by atoms with Crippen LogP contribution in [-0.4, -0.2) is 43.9 Å². The summed E-state index contributed by atoms with van der Waals surface area (Å²) in [6, 6.07) is 14.6. The van der Waals surface area contributed by atoms with Gasteiger partial charge in [-0.15, -0.1) is 0 Å². The zero-order valence-electron chi connectivity index (χ0n) is 16.2. The van der Waals surface area contributed by atoms with Crippen molar-refractivity contribution in [3.8, 4) is 0 Å². The molecule has 0 unspecified atom stereocenters. The van der Waals surface area contributed by atoms with E-state index in [0.29, 0.717) is 17.0 Å². The molecular formula is C22H27N3O2. The fourth-order valence-electron chi connectivity index (χ4n) is 3.23. The molecule has 2 amide bonds. The maximum absolute atomic E-state index is 12.7. The lowest BCUT2D eigenvalue weighted by Crippen LogP contribution is -2.38. The fourth-order valence-corrected chi connectivity index (χ4v) is 3.23. The summed E-state index contributed by atoms with van der Waals surface area (Å²) in [5.74, 6) is 0.464. The molecule has 27 heavy (non-hydrogen) atoms. The van der Waals surface area contributed by atoms with E-state index in [1.165, 1.54) is 0 Å². The quantitative estimate of drug-likeness (QED) is 0.895. The number of nitrogens with one attached hydrogen (secondary N) is 1. The van der Waals surface area contributed by atoms with Gasteiger partial charge in [0.2, 0.25) is 0 Å². The minimum atomic E-state index is -0.213. The van der Waals surface area contributed by atoms with E-state index in [9.17, 15) is 9.59 Å². The molecule has 1 heterocycles. The van der Waals surface area contributed by atoms with E-state index in [1.54, 1.807) is 24.3 Å². The molecule has 1 aliphatic rings. The summed E-state index contributed by atoms with van der Waals surface area (Å²) in [6.45, 7) is 3.79. The summed E-state index contributed by atoms with van der Waals surface area (Å²) in [7, 11) is 3.94. The van der Waals surface area contributed by atoms with Crippen LogP contribution in [0.1, 0.15) is 40.5 Å². The molecule has 2 aromatic carbocycles. The Hall–Kier alpha value is -2.82. The molecule has 2 aromatic rings. The van der Waals surface area contributed by atoms with Crippen LogP contribution in [0, 0.1) is 5.92 Å². The number of nitrogens with zero attached hydrogens (tertiary/aromatic N) is 2. The summed E-state index contributed by atoms with van der Waals surface area (Å²) < 4.78 is 0. The SMILES string of the molecule is CC1CCN(C(=O)c2cccc(C(=O)Nc3ccc(N(C)C)cc3)c2)CC1. The van der Waals surface area contributed by atoms with Gasteiger partial charge in [0.15, 0.2) is 0 Å². The number of benzene rings is 2. The van der Waals surface area contributed by atoms with Gasteiger partial charge in [-0.3, -0.25) is 9.59 Å². The highest BCUT2D eigenvalue weighted by Gasteiger charge is 2.22. The third kappa shape index (κ3) is 4.67. The van der Waals surface area contributed by atoms with Gasteiger partial charge >= 0.3 is 0 Å². The lowest BCUT2D eigenvalue weighted by atomic mass is 9.98. The topological polar surface area (TPSA) is 52.7 Å². The molecule has 0 radical (unpaired) electrons. The van der Waals surface area contributed by atoms with E-state index < -0.39 is 0 Å². The molecule has 1 fully saturated rings. The minimum Gasteiger partial charge on any atom is -0.378 e. The van der Waals surface area contributed by atoms with Crippen LogP contribution in [0.15, 0.2) is 48.5 Å². The third-order valence-electron chi connectivity index (χ3n) is 5.08. The molecule has 0 aromatic heterocycles. The number of amides is 2. The Morgan fingerprint density at radius 1 is 1.00 bits per heavy atom. The summed E-state index contributed by atoms with van der Waals surface area (Å²) >= 11 is 0. The highest BCUT2D eigenvalue weighted by atomic mass is 16.2. The Kier molecular flexibility index (Phi) is 5.79. The largest absolute Gasteiger partial charge is 0.378 e. The first-order valence-electron chi connectivity index (χ1n) is 9.42. The van der Waals surface area contributed by atoms with E-state index in [2.05, 4.69) is 12.2 Å². The highest BCUT2D eigenvalue weighted by molar-refractivity contribution is 6.06. The van der Waals surface area contributed by atoms with Crippen LogP contribution in [0.2, 0.25) is 0 Å². The lowest BCUT2D eigenvalue weighted by molar-refractivity contribution is 0.0697. The van der Waals surface area contributed by atoms with Gasteiger partial charge in [-0.05, 0) is 61.2 Å². The van der Waals surface area contributed by atoms with Gasteiger partial charge in [-0.2, -0.15) is 0 Å². The Morgan fingerprint density at radius 3 is 2.26 bits per heavy atom. The van der Waals surface area contributed by atoms with Crippen molar-refractivity contribution in [1.29, 1.82) is 0 Å². The van der Waals surface area contributed by atoms with Gasteiger partial charge in [0, 0.05) is 49.7 Å². The molecule has 0 bridgehead atoms. The van der Waals surface area contributed by atoms with Crippen LogP contribution in [0.4, 0.5) is 11.4 Å². The zero-order valence-corrected chi connectivity index (χ0v) is 16.2. The van der Waals surface area contributed by atoms with Crippen LogP contribution in [-0.2, 0) is 0 Å². The van der Waals surface area contributed by atoms with Gasteiger partial charge in [0.25, 0.3) is 11.8 Å². The van der Waals surface area contributed by atoms with Crippen molar-refractivity contribution in [1.82, 2.24) is 4.90 Å². The Bertz CT molecular complexity index is 807. The van der Waals surface area contributed by atoms with Gasteiger partial charge in [-0.1, -0.05) is 13.0 Å². The van der Waals surface area contributed by atoms with Crippen LogP contribution in [0.25, 0.3) is 0 Å². The smallest absolute Gasteiger partial charge is 0.255 e. The first-order chi connectivity index (χ1) is 12.9. The van der Waals surface area contributed by atoms with Gasteiger partial charge in [0.05, 0.1) is 0 Å². The molecule has 1 saturated heterocycles. The molecule has 1 N–H and O–H groups in total. The first kappa shape index (κ1) is 19.0. The summed E-state index contributed by atoms with van der Waals surface area (Å²) in [4.78, 5) is 29.2. The molecule has 5 nitrogen and oxygen atoms in total. The number of hydrogen-bond acceptors (Lipinski definition) is 3. The predicted molar refractivity (Wildman–Crippen MR) is 109 cm³/mol.